The summed E-state index contributed by atoms with van der Waals surface area (Å²) >= 11 is 0. The van der Waals surface area contributed by atoms with Gasteiger partial charge < -0.3 is 5.11 Å². The number of carbonyl (C=O) groups is 1. The lowest BCUT2D eigenvalue weighted by Crippen LogP contribution is -2.13. The van der Waals surface area contributed by atoms with Crippen molar-refractivity contribution in [2.45, 2.75) is 24.7 Å². The summed E-state index contributed by atoms with van der Waals surface area (Å²) in [6.45, 7) is 1.96. The summed E-state index contributed by atoms with van der Waals surface area (Å²) in [7, 11) is -3.79. The lowest BCUT2D eigenvalue weighted by Gasteiger charge is -2.06. The van der Waals surface area contributed by atoms with Crippen LogP contribution in [0.5, 0.6) is 0 Å². The summed E-state index contributed by atoms with van der Waals surface area (Å²) in [5, 5.41) is 15.6. The fourth-order valence-corrected chi connectivity index (χ4v) is 3.66. The molecule has 0 aliphatic carbocycles. The first-order valence-corrected chi connectivity index (χ1v) is 9.78. The molecule has 0 unspecified atom stereocenters. The molecule has 0 spiro atoms. The van der Waals surface area contributed by atoms with Crippen LogP contribution < -0.4 is 4.72 Å². The number of H-pyrrole nitrogens is 1. The van der Waals surface area contributed by atoms with Gasteiger partial charge in [0.25, 0.3) is 10.0 Å². The molecule has 0 fully saturated rings. The van der Waals surface area contributed by atoms with Crippen molar-refractivity contribution < 1.29 is 18.3 Å². The number of nitrogens with zero attached hydrogens (tertiary/aromatic N) is 1. The number of sulfonamides is 1. The highest BCUT2D eigenvalue weighted by Crippen LogP contribution is 2.24. The molecule has 8 heteroatoms. The van der Waals surface area contributed by atoms with E-state index < -0.39 is 16.0 Å². The molecule has 27 heavy (non-hydrogen) atoms. The van der Waals surface area contributed by atoms with Gasteiger partial charge in [0, 0.05) is 18.1 Å². The topological polar surface area (TPSA) is 112 Å². The van der Waals surface area contributed by atoms with Gasteiger partial charge in [0.15, 0.2) is 5.82 Å². The van der Waals surface area contributed by atoms with E-state index in [-0.39, 0.29) is 17.1 Å². The van der Waals surface area contributed by atoms with E-state index in [4.69, 9.17) is 5.11 Å². The van der Waals surface area contributed by atoms with Crippen LogP contribution in [0.25, 0.3) is 11.3 Å². The molecule has 1 aromatic heterocycles. The van der Waals surface area contributed by atoms with Crippen molar-refractivity contribution in [3.63, 3.8) is 0 Å². The van der Waals surface area contributed by atoms with Crippen molar-refractivity contribution in [2.75, 3.05) is 4.72 Å². The van der Waals surface area contributed by atoms with E-state index in [9.17, 15) is 13.2 Å². The summed E-state index contributed by atoms with van der Waals surface area (Å²) in [6.07, 6.45) is 0.349. The first-order chi connectivity index (χ1) is 12.8. The normalized spacial score (nSPS) is 11.3. The van der Waals surface area contributed by atoms with E-state index in [1.165, 1.54) is 12.1 Å². The van der Waals surface area contributed by atoms with Crippen molar-refractivity contribution in [1.82, 2.24) is 10.2 Å². The van der Waals surface area contributed by atoms with Crippen LogP contribution in [0.4, 0.5) is 5.82 Å². The molecule has 0 aliphatic heterocycles. The maximum absolute atomic E-state index is 12.5. The smallest absolute Gasteiger partial charge is 0.303 e. The van der Waals surface area contributed by atoms with Gasteiger partial charge >= 0.3 is 5.97 Å². The Kier molecular flexibility index (Phi) is 5.27. The minimum absolute atomic E-state index is 0.000698. The van der Waals surface area contributed by atoms with Crippen molar-refractivity contribution in [1.29, 1.82) is 0 Å². The van der Waals surface area contributed by atoms with Crippen LogP contribution in [-0.2, 0) is 21.2 Å². The van der Waals surface area contributed by atoms with Crippen LogP contribution in [0.3, 0.4) is 0 Å². The fourth-order valence-electron chi connectivity index (χ4n) is 2.67. The monoisotopic (exact) mass is 385 g/mol. The third-order valence-corrected chi connectivity index (χ3v) is 5.48. The Morgan fingerprint density at radius 2 is 1.85 bits per heavy atom. The molecule has 0 saturated carbocycles. The Labute approximate surface area is 157 Å². The lowest BCUT2D eigenvalue weighted by atomic mass is 10.1. The second-order valence-electron chi connectivity index (χ2n) is 6.12. The average molecular weight is 385 g/mol. The summed E-state index contributed by atoms with van der Waals surface area (Å²) in [4.78, 5) is 10.7. The van der Waals surface area contributed by atoms with Gasteiger partial charge in [-0.25, -0.2) is 8.42 Å². The molecular formula is C19H19N3O4S. The predicted octanol–water partition coefficient (Wildman–Crippen LogP) is 3.20. The van der Waals surface area contributed by atoms with Gasteiger partial charge in [-0.1, -0.05) is 36.4 Å². The zero-order valence-corrected chi connectivity index (χ0v) is 15.5. The number of hydrogen-bond acceptors (Lipinski definition) is 4. The number of nitrogens with one attached hydrogen (secondary N) is 2. The number of aromatic amines is 1. The summed E-state index contributed by atoms with van der Waals surface area (Å²) in [6, 6.07) is 15.5. The van der Waals surface area contributed by atoms with Gasteiger partial charge in [-0.3, -0.25) is 14.6 Å². The highest BCUT2D eigenvalue weighted by atomic mass is 32.2. The van der Waals surface area contributed by atoms with E-state index in [0.29, 0.717) is 6.42 Å². The Hall–Kier alpha value is -3.13. The minimum Gasteiger partial charge on any atom is -0.481 e. The number of anilines is 1. The van der Waals surface area contributed by atoms with Crippen LogP contribution in [0.2, 0.25) is 0 Å². The molecule has 140 valence electrons. The second-order valence-corrected chi connectivity index (χ2v) is 7.81. The minimum atomic E-state index is -3.79. The summed E-state index contributed by atoms with van der Waals surface area (Å²) in [5.41, 5.74) is 3.47. The van der Waals surface area contributed by atoms with Crippen molar-refractivity contribution in [3.05, 3.63) is 65.7 Å². The standard InChI is InChI=1S/C19H19N3O4S/c1-13-4-2-3-5-16(13)17-12-18(21-20-17)22-27(25,26)15-9-6-14(7-10-15)8-11-19(23)24/h2-7,9-10,12H,8,11H2,1H3,(H,23,24)(H2,20,21,22). The van der Waals surface area contributed by atoms with Gasteiger partial charge in [-0.05, 0) is 36.6 Å². The molecule has 0 radical (unpaired) electrons. The van der Waals surface area contributed by atoms with Crippen molar-refractivity contribution in [2.24, 2.45) is 0 Å². The van der Waals surface area contributed by atoms with Gasteiger partial charge in [0.2, 0.25) is 0 Å². The Balaban J connectivity index is 1.75. The van der Waals surface area contributed by atoms with Gasteiger partial charge in [-0.2, -0.15) is 5.10 Å². The molecule has 0 bridgehead atoms. The SMILES string of the molecule is Cc1ccccc1-c1cc(NS(=O)(=O)c2ccc(CCC(=O)O)cc2)n[nH]1. The van der Waals surface area contributed by atoms with Crippen LogP contribution in [0.1, 0.15) is 17.5 Å². The number of benzene rings is 2. The third-order valence-electron chi connectivity index (χ3n) is 4.11. The molecule has 7 nitrogen and oxygen atoms in total. The summed E-state index contributed by atoms with van der Waals surface area (Å²) in [5.74, 6) is -0.695. The molecule has 0 amide bonds. The number of carboxylic acid groups (broad SMARTS) is 1. The quantitative estimate of drug-likeness (QED) is 0.578. The second kappa shape index (κ2) is 7.63. The number of aromatic nitrogens is 2. The lowest BCUT2D eigenvalue weighted by molar-refractivity contribution is -0.136. The zero-order valence-electron chi connectivity index (χ0n) is 14.6. The van der Waals surface area contributed by atoms with Crippen molar-refractivity contribution >= 4 is 21.8 Å². The molecule has 0 aliphatic rings. The van der Waals surface area contributed by atoms with Gasteiger partial charge in [0.05, 0.1) is 10.6 Å². The molecule has 0 atom stereocenters. The van der Waals surface area contributed by atoms with Gasteiger partial charge in [-0.15, -0.1) is 0 Å². The molecule has 2 aromatic carbocycles. The van der Waals surface area contributed by atoms with Crippen LogP contribution in [0, 0.1) is 6.92 Å². The van der Waals surface area contributed by atoms with E-state index in [1.54, 1.807) is 18.2 Å². The zero-order chi connectivity index (χ0) is 19.4. The van der Waals surface area contributed by atoms with Gasteiger partial charge in [0.1, 0.15) is 0 Å². The van der Waals surface area contributed by atoms with E-state index >= 15 is 0 Å². The number of rotatable bonds is 7. The highest BCUT2D eigenvalue weighted by Gasteiger charge is 2.16. The Bertz CT molecular complexity index is 1060. The van der Waals surface area contributed by atoms with E-state index in [1.807, 2.05) is 31.2 Å². The van der Waals surface area contributed by atoms with Crippen LogP contribution in [-0.4, -0.2) is 29.7 Å². The van der Waals surface area contributed by atoms with E-state index in [2.05, 4.69) is 14.9 Å². The first-order valence-electron chi connectivity index (χ1n) is 8.30. The Morgan fingerprint density at radius 3 is 2.52 bits per heavy atom. The largest absolute Gasteiger partial charge is 0.481 e. The van der Waals surface area contributed by atoms with Crippen LogP contribution >= 0.6 is 0 Å². The molecule has 1 heterocycles. The number of carboxylic acids is 1. The molecular weight excluding hydrogens is 366 g/mol. The maximum Gasteiger partial charge on any atom is 0.303 e. The number of aryl methyl sites for hydroxylation is 2. The molecule has 3 N–H and O–H groups in total. The van der Waals surface area contributed by atoms with E-state index in [0.717, 1.165) is 22.4 Å². The molecule has 3 rings (SSSR count). The molecule has 0 saturated heterocycles. The number of hydrogen-bond donors (Lipinski definition) is 3. The predicted molar refractivity (Wildman–Crippen MR) is 102 cm³/mol. The fraction of sp³-hybridized carbons (Fsp3) is 0.158. The third kappa shape index (κ3) is 4.53. The average Bonchev–Trinajstić information content (AvgIpc) is 3.08. The number of aliphatic carboxylic acids is 1. The van der Waals surface area contributed by atoms with Crippen molar-refractivity contribution in [3.8, 4) is 11.3 Å². The maximum atomic E-state index is 12.5. The summed E-state index contributed by atoms with van der Waals surface area (Å²) < 4.78 is 27.5. The van der Waals surface area contributed by atoms with Crippen LogP contribution in [0.15, 0.2) is 59.5 Å². The molecule has 3 aromatic rings. The first kappa shape index (κ1) is 18.7. The Morgan fingerprint density at radius 1 is 1.15 bits per heavy atom. The highest BCUT2D eigenvalue weighted by molar-refractivity contribution is 7.92.